The van der Waals surface area contributed by atoms with Gasteiger partial charge in [-0.1, -0.05) is 24.3 Å². The molecular weight excluding hydrogens is 344 g/mol. The molecule has 0 amide bonds. The Morgan fingerprint density at radius 1 is 0.964 bits per heavy atom. The standard InChI is InChI=1S/C25H30N2O/c28-24(22-14-20-8-5-12-27-13-10-21(15-22)25(20)27)9-3-4-11-26-23-16-18-6-1-2-7-19(18)17-23/h1-2,6-7,14-15,23,26H,3-5,8-13,16-17H2. The number of carbonyl (C=O) groups excluding carboxylic acids is 1. The van der Waals surface area contributed by atoms with Crippen LogP contribution in [0.5, 0.6) is 0 Å². The Balaban J connectivity index is 1.09. The fourth-order valence-electron chi connectivity index (χ4n) is 5.32. The SMILES string of the molecule is O=C(CCCCNC1Cc2ccccc2C1)c1cc2c3c(c1)CCN3CCC2. The quantitative estimate of drug-likeness (QED) is 0.585. The molecule has 0 spiro atoms. The van der Waals surface area contributed by atoms with Crippen molar-refractivity contribution in [3.8, 4) is 0 Å². The van der Waals surface area contributed by atoms with Gasteiger partial charge in [-0.3, -0.25) is 4.79 Å². The van der Waals surface area contributed by atoms with Crippen molar-refractivity contribution >= 4 is 11.5 Å². The highest BCUT2D eigenvalue weighted by Gasteiger charge is 2.27. The molecule has 1 aliphatic carbocycles. The molecule has 28 heavy (non-hydrogen) atoms. The van der Waals surface area contributed by atoms with Gasteiger partial charge in [0.25, 0.3) is 0 Å². The van der Waals surface area contributed by atoms with Crippen LogP contribution >= 0.6 is 0 Å². The second kappa shape index (κ2) is 7.71. The molecular formula is C25H30N2O. The van der Waals surface area contributed by atoms with E-state index in [1.807, 2.05) is 0 Å². The van der Waals surface area contributed by atoms with Crippen molar-refractivity contribution < 1.29 is 4.79 Å². The van der Waals surface area contributed by atoms with Gasteiger partial charge in [-0.05, 0) is 85.9 Å². The van der Waals surface area contributed by atoms with Gasteiger partial charge in [0, 0.05) is 36.8 Å². The number of anilines is 1. The monoisotopic (exact) mass is 374 g/mol. The van der Waals surface area contributed by atoms with Crippen LogP contribution in [0.15, 0.2) is 36.4 Å². The number of nitrogens with zero attached hydrogens (tertiary/aromatic N) is 1. The van der Waals surface area contributed by atoms with E-state index in [1.54, 1.807) is 0 Å². The topological polar surface area (TPSA) is 32.3 Å². The molecule has 0 atom stereocenters. The number of unbranched alkanes of at least 4 members (excludes halogenated alkanes) is 1. The summed E-state index contributed by atoms with van der Waals surface area (Å²) in [4.78, 5) is 15.3. The molecule has 5 rings (SSSR count). The van der Waals surface area contributed by atoms with Crippen LogP contribution in [0.2, 0.25) is 0 Å². The fraction of sp³-hybridized carbons (Fsp3) is 0.480. The first kappa shape index (κ1) is 17.9. The van der Waals surface area contributed by atoms with Crippen molar-refractivity contribution in [2.45, 2.75) is 57.4 Å². The van der Waals surface area contributed by atoms with Crippen molar-refractivity contribution in [2.24, 2.45) is 0 Å². The van der Waals surface area contributed by atoms with Gasteiger partial charge in [0.15, 0.2) is 5.78 Å². The Labute approximate surface area is 168 Å². The lowest BCUT2D eigenvalue weighted by atomic mass is 9.94. The van der Waals surface area contributed by atoms with Crippen molar-refractivity contribution in [1.82, 2.24) is 5.32 Å². The van der Waals surface area contributed by atoms with Crippen LogP contribution in [0.25, 0.3) is 0 Å². The van der Waals surface area contributed by atoms with E-state index in [2.05, 4.69) is 46.6 Å². The van der Waals surface area contributed by atoms with E-state index in [4.69, 9.17) is 0 Å². The van der Waals surface area contributed by atoms with Gasteiger partial charge in [-0.25, -0.2) is 0 Å². The van der Waals surface area contributed by atoms with E-state index in [-0.39, 0.29) is 0 Å². The van der Waals surface area contributed by atoms with Gasteiger partial charge in [0.1, 0.15) is 0 Å². The Bertz CT molecular complexity index is 863. The molecule has 0 aromatic heterocycles. The smallest absolute Gasteiger partial charge is 0.162 e. The third-order valence-electron chi connectivity index (χ3n) is 6.75. The number of Topliss-reactive ketones (excluding diaryl/α,β-unsaturated/α-hetero) is 1. The Morgan fingerprint density at radius 3 is 2.50 bits per heavy atom. The van der Waals surface area contributed by atoms with Crippen molar-refractivity contribution in [2.75, 3.05) is 24.5 Å². The predicted molar refractivity (Wildman–Crippen MR) is 115 cm³/mol. The minimum Gasteiger partial charge on any atom is -0.371 e. The van der Waals surface area contributed by atoms with Gasteiger partial charge < -0.3 is 10.2 Å². The predicted octanol–water partition coefficient (Wildman–Crippen LogP) is 4.11. The van der Waals surface area contributed by atoms with Crippen LogP contribution in [0.3, 0.4) is 0 Å². The second-order valence-electron chi connectivity index (χ2n) is 8.69. The third kappa shape index (κ3) is 3.48. The largest absolute Gasteiger partial charge is 0.371 e. The molecule has 0 unspecified atom stereocenters. The van der Waals surface area contributed by atoms with Gasteiger partial charge >= 0.3 is 0 Å². The summed E-state index contributed by atoms with van der Waals surface area (Å²) in [5, 5.41) is 3.69. The van der Waals surface area contributed by atoms with Crippen molar-refractivity contribution in [3.63, 3.8) is 0 Å². The lowest BCUT2D eigenvalue weighted by molar-refractivity contribution is 0.0979. The van der Waals surface area contributed by atoms with Gasteiger partial charge in [0.2, 0.25) is 0 Å². The van der Waals surface area contributed by atoms with Gasteiger partial charge in [-0.15, -0.1) is 0 Å². The number of fused-ring (bicyclic) bond motifs is 1. The molecule has 0 saturated heterocycles. The lowest BCUT2D eigenvalue weighted by Crippen LogP contribution is -2.30. The average Bonchev–Trinajstić information content (AvgIpc) is 3.32. The zero-order valence-electron chi connectivity index (χ0n) is 16.7. The first-order chi connectivity index (χ1) is 13.8. The molecule has 0 bridgehead atoms. The molecule has 2 aromatic rings. The normalized spacial score (nSPS) is 17.6. The highest BCUT2D eigenvalue weighted by atomic mass is 16.1. The van der Waals surface area contributed by atoms with Gasteiger partial charge in [0.05, 0.1) is 0 Å². The number of hydrogen-bond donors (Lipinski definition) is 1. The Kier molecular flexibility index (Phi) is 4.94. The maximum atomic E-state index is 12.7. The molecule has 0 radical (unpaired) electrons. The van der Waals surface area contributed by atoms with Crippen molar-refractivity contribution in [3.05, 3.63) is 64.2 Å². The summed E-state index contributed by atoms with van der Waals surface area (Å²) in [6, 6.07) is 13.7. The van der Waals surface area contributed by atoms with Crippen LogP contribution in [-0.2, 0) is 25.7 Å². The second-order valence-corrected chi connectivity index (χ2v) is 8.69. The first-order valence-corrected chi connectivity index (χ1v) is 11.0. The number of hydrogen-bond acceptors (Lipinski definition) is 3. The Hall–Kier alpha value is -2.13. The molecule has 0 fully saturated rings. The maximum Gasteiger partial charge on any atom is 0.162 e. The molecule has 3 nitrogen and oxygen atoms in total. The lowest BCUT2D eigenvalue weighted by Gasteiger charge is -2.27. The number of carbonyl (C=O) groups is 1. The van der Waals surface area contributed by atoms with Crippen LogP contribution in [0, 0.1) is 0 Å². The Morgan fingerprint density at radius 2 is 1.71 bits per heavy atom. The molecule has 2 aromatic carbocycles. The number of rotatable bonds is 7. The molecule has 2 heterocycles. The van der Waals surface area contributed by atoms with Crippen LogP contribution in [-0.4, -0.2) is 31.5 Å². The first-order valence-electron chi connectivity index (χ1n) is 11.0. The van der Waals surface area contributed by atoms with Gasteiger partial charge in [-0.2, -0.15) is 0 Å². The maximum absolute atomic E-state index is 12.7. The molecule has 3 aliphatic rings. The summed E-state index contributed by atoms with van der Waals surface area (Å²) >= 11 is 0. The zero-order chi connectivity index (χ0) is 18.9. The zero-order valence-corrected chi connectivity index (χ0v) is 16.7. The highest BCUT2D eigenvalue weighted by Crippen LogP contribution is 2.37. The molecule has 146 valence electrons. The summed E-state index contributed by atoms with van der Waals surface area (Å²) in [6.45, 7) is 3.33. The summed E-state index contributed by atoms with van der Waals surface area (Å²) in [5.74, 6) is 0.330. The number of nitrogens with one attached hydrogen (secondary N) is 1. The molecule has 3 heteroatoms. The number of benzene rings is 2. The van der Waals surface area contributed by atoms with E-state index in [1.165, 1.54) is 40.9 Å². The number of ketones is 1. The van der Waals surface area contributed by atoms with Crippen LogP contribution in [0.4, 0.5) is 5.69 Å². The van der Waals surface area contributed by atoms with E-state index in [0.717, 1.165) is 57.2 Å². The summed E-state index contributed by atoms with van der Waals surface area (Å²) < 4.78 is 0. The van der Waals surface area contributed by atoms with E-state index in [0.29, 0.717) is 18.2 Å². The molecule has 0 saturated carbocycles. The minimum absolute atomic E-state index is 0.330. The highest BCUT2D eigenvalue weighted by molar-refractivity contribution is 5.97. The van der Waals surface area contributed by atoms with Crippen LogP contribution < -0.4 is 10.2 Å². The summed E-state index contributed by atoms with van der Waals surface area (Å²) in [6.07, 6.45) is 8.47. The average molecular weight is 375 g/mol. The van der Waals surface area contributed by atoms with Crippen molar-refractivity contribution in [1.29, 1.82) is 0 Å². The minimum atomic E-state index is 0.330. The summed E-state index contributed by atoms with van der Waals surface area (Å²) in [7, 11) is 0. The van der Waals surface area contributed by atoms with E-state index >= 15 is 0 Å². The van der Waals surface area contributed by atoms with E-state index in [9.17, 15) is 4.79 Å². The van der Waals surface area contributed by atoms with E-state index < -0.39 is 0 Å². The summed E-state index contributed by atoms with van der Waals surface area (Å²) in [5.41, 5.74) is 8.21. The molecule has 2 aliphatic heterocycles. The molecule has 1 N–H and O–H groups in total. The fourth-order valence-corrected chi connectivity index (χ4v) is 5.32. The third-order valence-corrected chi connectivity index (χ3v) is 6.75. The van der Waals surface area contributed by atoms with Crippen LogP contribution in [0.1, 0.15) is 58.3 Å². The number of aryl methyl sites for hydroxylation is 1.